The first-order valence-electron chi connectivity index (χ1n) is 4.40. The predicted molar refractivity (Wildman–Crippen MR) is 58.7 cm³/mol. The lowest BCUT2D eigenvalue weighted by Crippen LogP contribution is -2.03. The van der Waals surface area contributed by atoms with E-state index in [0.29, 0.717) is 0 Å². The van der Waals surface area contributed by atoms with Crippen LogP contribution < -0.4 is 0 Å². The van der Waals surface area contributed by atoms with Gasteiger partial charge in [-0.05, 0) is 17.7 Å². The lowest BCUT2D eigenvalue weighted by Gasteiger charge is -2.04. The second-order valence-electron chi connectivity index (χ2n) is 3.21. The highest BCUT2D eigenvalue weighted by atomic mass is 32.2. The van der Waals surface area contributed by atoms with E-state index in [-0.39, 0.29) is 11.1 Å². The number of nitrogens with zero attached hydrogens (tertiary/aromatic N) is 2. The molecule has 0 radical (unpaired) electrons. The number of rotatable bonds is 2. The Morgan fingerprint density at radius 1 is 1.35 bits per heavy atom. The Balaban J connectivity index is 3.60. The van der Waals surface area contributed by atoms with Crippen LogP contribution >= 0.6 is 0 Å². The first-order valence-corrected chi connectivity index (χ1v) is 6.29. The van der Waals surface area contributed by atoms with Gasteiger partial charge >= 0.3 is 0 Å². The highest BCUT2D eigenvalue weighted by Gasteiger charge is 2.17. The second-order valence-corrected chi connectivity index (χ2v) is 5.16. The van der Waals surface area contributed by atoms with Crippen molar-refractivity contribution >= 4 is 15.9 Å². The summed E-state index contributed by atoms with van der Waals surface area (Å²) >= 11 is 0. The van der Waals surface area contributed by atoms with E-state index in [0.717, 1.165) is 18.4 Å². The minimum atomic E-state index is -3.76. The first kappa shape index (κ1) is 12.9. The fourth-order valence-corrected chi connectivity index (χ4v) is 2.25. The molecule has 17 heavy (non-hydrogen) atoms. The van der Waals surface area contributed by atoms with Gasteiger partial charge in [0, 0.05) is 6.26 Å². The van der Waals surface area contributed by atoms with Crippen molar-refractivity contribution in [1.29, 1.82) is 10.5 Å². The maximum absolute atomic E-state index is 13.4. The van der Waals surface area contributed by atoms with Gasteiger partial charge in [0.05, 0.1) is 0 Å². The van der Waals surface area contributed by atoms with Crippen LogP contribution in [0.3, 0.4) is 0 Å². The number of sulfone groups is 1. The molecule has 1 aromatic carbocycles. The molecule has 0 bridgehead atoms. The molecule has 0 N–H and O–H groups in total. The van der Waals surface area contributed by atoms with Crippen LogP contribution in [-0.4, -0.2) is 14.7 Å². The van der Waals surface area contributed by atoms with Crippen molar-refractivity contribution in [3.63, 3.8) is 0 Å². The molecule has 86 valence electrons. The van der Waals surface area contributed by atoms with Gasteiger partial charge in [-0.3, -0.25) is 0 Å². The van der Waals surface area contributed by atoms with E-state index in [2.05, 4.69) is 0 Å². The van der Waals surface area contributed by atoms with Gasteiger partial charge in [0.2, 0.25) is 0 Å². The Morgan fingerprint density at radius 3 is 2.41 bits per heavy atom. The third-order valence-corrected chi connectivity index (χ3v) is 3.08. The molecule has 0 spiro atoms. The monoisotopic (exact) mass is 250 g/mol. The molecule has 6 heteroatoms. The van der Waals surface area contributed by atoms with Crippen LogP contribution in [0.25, 0.3) is 6.08 Å². The Morgan fingerprint density at radius 2 is 1.94 bits per heavy atom. The van der Waals surface area contributed by atoms with Crippen molar-refractivity contribution in [1.82, 2.24) is 0 Å². The zero-order valence-electron chi connectivity index (χ0n) is 8.81. The molecule has 0 atom stereocenters. The van der Waals surface area contributed by atoms with Gasteiger partial charge in [-0.25, -0.2) is 12.8 Å². The van der Waals surface area contributed by atoms with E-state index in [1.54, 1.807) is 12.1 Å². The summed E-state index contributed by atoms with van der Waals surface area (Å²) < 4.78 is 36.2. The summed E-state index contributed by atoms with van der Waals surface area (Å²) in [6.45, 7) is 0. The van der Waals surface area contributed by atoms with Crippen molar-refractivity contribution in [2.45, 2.75) is 4.90 Å². The molecule has 0 aliphatic rings. The summed E-state index contributed by atoms with van der Waals surface area (Å²) in [4.78, 5) is -0.511. The van der Waals surface area contributed by atoms with Gasteiger partial charge in [0.15, 0.2) is 9.84 Å². The third-order valence-electron chi connectivity index (χ3n) is 1.91. The van der Waals surface area contributed by atoms with E-state index in [4.69, 9.17) is 10.5 Å². The van der Waals surface area contributed by atoms with Gasteiger partial charge < -0.3 is 0 Å². The van der Waals surface area contributed by atoms with Crippen molar-refractivity contribution in [3.8, 4) is 12.1 Å². The van der Waals surface area contributed by atoms with Crippen molar-refractivity contribution in [2.75, 3.05) is 6.26 Å². The smallest absolute Gasteiger partial charge is 0.179 e. The molecule has 0 aliphatic carbocycles. The van der Waals surface area contributed by atoms with E-state index in [1.165, 1.54) is 12.1 Å². The van der Waals surface area contributed by atoms with Gasteiger partial charge in [-0.15, -0.1) is 0 Å². The molecule has 0 aromatic heterocycles. The predicted octanol–water partition coefficient (Wildman–Crippen LogP) is 1.66. The minimum absolute atomic E-state index is 0.00870. The molecule has 0 fully saturated rings. The molecular formula is C11H7FN2O2S. The van der Waals surface area contributed by atoms with Gasteiger partial charge in [0.25, 0.3) is 0 Å². The molecule has 1 aromatic rings. The molecule has 4 nitrogen and oxygen atoms in total. The summed E-state index contributed by atoms with van der Waals surface area (Å²) in [7, 11) is -3.76. The summed E-state index contributed by atoms with van der Waals surface area (Å²) in [5, 5.41) is 17.1. The van der Waals surface area contributed by atoms with Crippen molar-refractivity contribution in [2.24, 2.45) is 0 Å². The van der Waals surface area contributed by atoms with Gasteiger partial charge in [-0.2, -0.15) is 10.5 Å². The van der Waals surface area contributed by atoms with Crippen LogP contribution in [0, 0.1) is 28.5 Å². The lowest BCUT2D eigenvalue weighted by atomic mass is 10.1. The van der Waals surface area contributed by atoms with Crippen LogP contribution in [0.15, 0.2) is 28.7 Å². The molecule has 1 rings (SSSR count). The molecular weight excluding hydrogens is 243 g/mol. The Hall–Kier alpha value is -2.18. The average molecular weight is 250 g/mol. The minimum Gasteiger partial charge on any atom is -0.224 e. The third kappa shape index (κ3) is 2.90. The summed E-state index contributed by atoms with van der Waals surface area (Å²) in [5.74, 6) is -0.906. The number of allylic oxidation sites excluding steroid dienone is 1. The SMILES string of the molecule is CS(=O)(=O)c1c(F)cccc1C=C(C#N)C#N. The van der Waals surface area contributed by atoms with E-state index < -0.39 is 20.5 Å². The Labute approximate surface area is 98.1 Å². The largest absolute Gasteiger partial charge is 0.224 e. The van der Waals surface area contributed by atoms with E-state index in [9.17, 15) is 12.8 Å². The average Bonchev–Trinajstić information content (AvgIpc) is 2.24. The first-order chi connectivity index (χ1) is 7.90. The molecule has 0 heterocycles. The van der Waals surface area contributed by atoms with E-state index in [1.807, 2.05) is 0 Å². The molecule has 0 aliphatic heterocycles. The Bertz CT molecular complexity index is 648. The quantitative estimate of drug-likeness (QED) is 0.747. The van der Waals surface area contributed by atoms with Gasteiger partial charge in [0.1, 0.15) is 28.4 Å². The highest BCUT2D eigenvalue weighted by molar-refractivity contribution is 7.90. The number of halogens is 1. The van der Waals surface area contributed by atoms with Crippen LogP contribution in [-0.2, 0) is 9.84 Å². The maximum Gasteiger partial charge on any atom is 0.179 e. The molecule has 0 amide bonds. The summed E-state index contributed by atoms with van der Waals surface area (Å²) in [5.41, 5.74) is -0.300. The molecule has 0 saturated heterocycles. The number of hydrogen-bond acceptors (Lipinski definition) is 4. The molecule has 0 saturated carbocycles. The topological polar surface area (TPSA) is 81.7 Å². The van der Waals surface area contributed by atoms with Crippen LogP contribution in [0.5, 0.6) is 0 Å². The van der Waals surface area contributed by atoms with Crippen molar-refractivity contribution in [3.05, 3.63) is 35.2 Å². The van der Waals surface area contributed by atoms with Crippen LogP contribution in [0.2, 0.25) is 0 Å². The standard InChI is InChI=1S/C11H7FN2O2S/c1-17(15,16)11-9(3-2-4-10(11)12)5-8(6-13)7-14/h2-5H,1H3. The molecule has 0 unspecified atom stereocenters. The zero-order chi connectivity index (χ0) is 13.1. The van der Waals surface area contributed by atoms with E-state index >= 15 is 0 Å². The fourth-order valence-electron chi connectivity index (χ4n) is 1.28. The van der Waals surface area contributed by atoms with Crippen LogP contribution in [0.1, 0.15) is 5.56 Å². The zero-order valence-corrected chi connectivity index (χ0v) is 9.62. The number of nitriles is 2. The van der Waals surface area contributed by atoms with Crippen molar-refractivity contribution < 1.29 is 12.8 Å². The van der Waals surface area contributed by atoms with Crippen LogP contribution in [0.4, 0.5) is 4.39 Å². The summed E-state index contributed by atoms with van der Waals surface area (Å²) in [6.07, 6.45) is 1.90. The second kappa shape index (κ2) is 4.77. The maximum atomic E-state index is 13.4. The number of hydrogen-bond donors (Lipinski definition) is 0. The number of benzene rings is 1. The Kier molecular flexibility index (Phi) is 3.62. The lowest BCUT2D eigenvalue weighted by molar-refractivity contribution is 0.570. The van der Waals surface area contributed by atoms with Gasteiger partial charge in [-0.1, -0.05) is 12.1 Å². The normalized spacial score (nSPS) is 10.1. The summed E-state index contributed by atoms with van der Waals surface area (Å²) in [6, 6.07) is 6.80. The fraction of sp³-hybridized carbons (Fsp3) is 0.0909. The highest BCUT2D eigenvalue weighted by Crippen LogP contribution is 2.21.